The first-order chi connectivity index (χ1) is 11.7. The summed E-state index contributed by atoms with van der Waals surface area (Å²) in [5.41, 5.74) is 3.11. The minimum absolute atomic E-state index is 0.0294. The lowest BCUT2D eigenvalue weighted by Gasteiger charge is -2.14. The zero-order chi connectivity index (χ0) is 16.8. The predicted molar refractivity (Wildman–Crippen MR) is 97.3 cm³/mol. The molecule has 128 valence electrons. The fourth-order valence-electron chi connectivity index (χ4n) is 2.85. The number of nitrogens with one attached hydrogen (secondary N) is 2. The Balaban J connectivity index is 1.52. The topological polar surface area (TPSA) is 50.4 Å². The van der Waals surface area contributed by atoms with Crippen LogP contribution in [0.5, 0.6) is 0 Å². The fourth-order valence-corrected chi connectivity index (χ4v) is 3.60. The molecule has 2 N–H and O–H groups in total. The van der Waals surface area contributed by atoms with E-state index in [0.717, 1.165) is 31.6 Å². The number of thiophene rings is 1. The Bertz CT molecular complexity index is 651. The van der Waals surface area contributed by atoms with Gasteiger partial charge in [0.25, 0.3) is 5.91 Å². The third-order valence-electron chi connectivity index (χ3n) is 4.36. The molecule has 4 nitrogen and oxygen atoms in total. The van der Waals surface area contributed by atoms with Crippen molar-refractivity contribution in [2.75, 3.05) is 13.2 Å². The van der Waals surface area contributed by atoms with E-state index < -0.39 is 0 Å². The number of amides is 1. The van der Waals surface area contributed by atoms with E-state index >= 15 is 0 Å². The minimum atomic E-state index is -0.0294. The van der Waals surface area contributed by atoms with Gasteiger partial charge in [-0.1, -0.05) is 12.1 Å². The van der Waals surface area contributed by atoms with Gasteiger partial charge in [-0.2, -0.15) is 11.3 Å². The fraction of sp³-hybridized carbons (Fsp3) is 0.421. The highest BCUT2D eigenvalue weighted by molar-refractivity contribution is 7.07. The van der Waals surface area contributed by atoms with Gasteiger partial charge in [-0.15, -0.1) is 0 Å². The van der Waals surface area contributed by atoms with Crippen LogP contribution in [-0.2, 0) is 11.3 Å². The van der Waals surface area contributed by atoms with Crippen molar-refractivity contribution in [3.63, 3.8) is 0 Å². The van der Waals surface area contributed by atoms with Gasteiger partial charge in [-0.3, -0.25) is 4.79 Å². The summed E-state index contributed by atoms with van der Waals surface area (Å²) in [7, 11) is 0. The number of carbonyl (C=O) groups excluding carboxylic acids is 1. The molecule has 1 aliphatic rings. The Kier molecular flexibility index (Phi) is 6.01. The largest absolute Gasteiger partial charge is 0.376 e. The Labute approximate surface area is 147 Å². The summed E-state index contributed by atoms with van der Waals surface area (Å²) < 4.78 is 5.54. The first-order valence-electron chi connectivity index (χ1n) is 8.46. The van der Waals surface area contributed by atoms with Gasteiger partial charge in [-0.05, 0) is 59.9 Å². The molecule has 0 spiro atoms. The second-order valence-corrected chi connectivity index (χ2v) is 6.98. The van der Waals surface area contributed by atoms with E-state index in [9.17, 15) is 4.79 Å². The van der Waals surface area contributed by atoms with Gasteiger partial charge in [0.05, 0.1) is 6.10 Å². The summed E-state index contributed by atoms with van der Waals surface area (Å²) in [6.45, 7) is 4.30. The van der Waals surface area contributed by atoms with Gasteiger partial charge >= 0.3 is 0 Å². The lowest BCUT2D eigenvalue weighted by molar-refractivity contribution is 0.0857. The van der Waals surface area contributed by atoms with E-state index in [1.807, 2.05) is 24.3 Å². The van der Waals surface area contributed by atoms with Gasteiger partial charge in [0.15, 0.2) is 0 Å². The average Bonchev–Trinajstić information content (AvgIpc) is 3.31. The molecule has 1 fully saturated rings. The van der Waals surface area contributed by atoms with Gasteiger partial charge in [0, 0.05) is 31.3 Å². The number of hydrogen-bond donors (Lipinski definition) is 2. The number of carbonyl (C=O) groups is 1. The number of ether oxygens (including phenoxy) is 1. The van der Waals surface area contributed by atoms with Crippen molar-refractivity contribution in [1.82, 2.24) is 10.6 Å². The van der Waals surface area contributed by atoms with Crippen LogP contribution >= 0.6 is 11.3 Å². The minimum Gasteiger partial charge on any atom is -0.376 e. The number of benzene rings is 1. The molecule has 2 heterocycles. The lowest BCUT2D eigenvalue weighted by atomic mass is 10.1. The molecule has 0 unspecified atom stereocenters. The maximum atomic E-state index is 12.3. The first-order valence-corrected chi connectivity index (χ1v) is 9.41. The molecule has 1 saturated heterocycles. The van der Waals surface area contributed by atoms with Gasteiger partial charge in [0.1, 0.15) is 0 Å². The average molecular weight is 344 g/mol. The molecular formula is C19H24N2O2S. The summed E-state index contributed by atoms with van der Waals surface area (Å²) in [6.07, 6.45) is 2.29. The van der Waals surface area contributed by atoms with Crippen LogP contribution in [0, 0.1) is 0 Å². The number of rotatable bonds is 7. The van der Waals surface area contributed by atoms with Crippen LogP contribution in [-0.4, -0.2) is 25.2 Å². The smallest absolute Gasteiger partial charge is 0.251 e. The summed E-state index contributed by atoms with van der Waals surface area (Å²) in [6, 6.07) is 10.2. The van der Waals surface area contributed by atoms with Crippen LogP contribution in [0.25, 0.3) is 0 Å². The Morgan fingerprint density at radius 1 is 1.42 bits per heavy atom. The van der Waals surface area contributed by atoms with Crippen LogP contribution in [0.1, 0.15) is 47.3 Å². The molecule has 1 amide bonds. The van der Waals surface area contributed by atoms with E-state index in [-0.39, 0.29) is 12.0 Å². The maximum Gasteiger partial charge on any atom is 0.251 e. The van der Waals surface area contributed by atoms with Gasteiger partial charge in [0.2, 0.25) is 0 Å². The highest BCUT2D eigenvalue weighted by Gasteiger charge is 2.16. The lowest BCUT2D eigenvalue weighted by Crippen LogP contribution is -2.31. The van der Waals surface area contributed by atoms with Crippen LogP contribution in [0.3, 0.4) is 0 Å². The third-order valence-corrected chi connectivity index (χ3v) is 5.06. The van der Waals surface area contributed by atoms with Crippen LogP contribution in [0.4, 0.5) is 0 Å². The highest BCUT2D eigenvalue weighted by atomic mass is 32.1. The van der Waals surface area contributed by atoms with Crippen LogP contribution in [0.2, 0.25) is 0 Å². The molecule has 1 aromatic carbocycles. The molecule has 0 radical (unpaired) electrons. The standard InChI is InChI=1S/C19H24N2O2S/c1-14(17-7-9-24-13-17)20-11-15-4-2-5-16(10-15)19(22)21-12-18-6-3-8-23-18/h2,4-5,7,9-10,13-14,18,20H,3,6,8,11-12H2,1H3,(H,21,22)/t14-,18-/m0/s1. The van der Waals surface area contributed by atoms with Crippen LogP contribution in [0.15, 0.2) is 41.1 Å². The third kappa shape index (κ3) is 4.66. The maximum absolute atomic E-state index is 12.3. The van der Waals surface area contributed by atoms with E-state index in [1.54, 1.807) is 11.3 Å². The van der Waals surface area contributed by atoms with E-state index in [1.165, 1.54) is 5.56 Å². The molecule has 24 heavy (non-hydrogen) atoms. The van der Waals surface area contributed by atoms with Gasteiger partial charge in [-0.25, -0.2) is 0 Å². The second kappa shape index (κ2) is 8.42. The molecule has 1 aromatic heterocycles. The van der Waals surface area contributed by atoms with Crippen molar-refractivity contribution in [2.45, 2.75) is 38.5 Å². The molecule has 2 atom stereocenters. The molecule has 3 rings (SSSR count). The summed E-state index contributed by atoms with van der Waals surface area (Å²) in [5, 5.41) is 10.7. The summed E-state index contributed by atoms with van der Waals surface area (Å²) >= 11 is 1.71. The molecule has 2 aromatic rings. The van der Waals surface area contributed by atoms with Crippen molar-refractivity contribution < 1.29 is 9.53 Å². The molecule has 5 heteroatoms. The first kappa shape index (κ1) is 17.1. The van der Waals surface area contributed by atoms with Crippen molar-refractivity contribution in [3.8, 4) is 0 Å². The molecular weight excluding hydrogens is 320 g/mol. The predicted octanol–water partition coefficient (Wildman–Crippen LogP) is 3.51. The van der Waals surface area contributed by atoms with Crippen molar-refractivity contribution in [3.05, 3.63) is 57.8 Å². The Hall–Kier alpha value is -1.69. The van der Waals surface area contributed by atoms with E-state index in [4.69, 9.17) is 4.74 Å². The summed E-state index contributed by atoms with van der Waals surface area (Å²) in [5.74, 6) is -0.0294. The monoisotopic (exact) mass is 344 g/mol. The second-order valence-electron chi connectivity index (χ2n) is 6.20. The molecule has 1 aliphatic heterocycles. The SMILES string of the molecule is C[C@H](NCc1cccc(C(=O)NC[C@@H]2CCCO2)c1)c1ccsc1. The molecule has 0 saturated carbocycles. The van der Waals surface area contributed by atoms with Crippen LogP contribution < -0.4 is 10.6 Å². The Morgan fingerprint density at radius 3 is 3.08 bits per heavy atom. The van der Waals surface area contributed by atoms with E-state index in [2.05, 4.69) is 34.4 Å². The molecule has 0 aliphatic carbocycles. The zero-order valence-electron chi connectivity index (χ0n) is 14.0. The van der Waals surface area contributed by atoms with E-state index in [0.29, 0.717) is 18.2 Å². The van der Waals surface area contributed by atoms with Crippen molar-refractivity contribution >= 4 is 17.2 Å². The van der Waals surface area contributed by atoms with Crippen molar-refractivity contribution in [2.24, 2.45) is 0 Å². The quantitative estimate of drug-likeness (QED) is 0.808. The highest BCUT2D eigenvalue weighted by Crippen LogP contribution is 2.16. The summed E-state index contributed by atoms with van der Waals surface area (Å²) in [4.78, 5) is 12.3. The van der Waals surface area contributed by atoms with Crippen molar-refractivity contribution in [1.29, 1.82) is 0 Å². The zero-order valence-corrected chi connectivity index (χ0v) is 14.8. The van der Waals surface area contributed by atoms with Gasteiger partial charge < -0.3 is 15.4 Å². The normalized spacial score (nSPS) is 18.5. The Morgan fingerprint density at radius 2 is 2.33 bits per heavy atom. The molecule has 0 bridgehead atoms. The number of hydrogen-bond acceptors (Lipinski definition) is 4.